The van der Waals surface area contributed by atoms with Crippen molar-refractivity contribution in [3.63, 3.8) is 0 Å². The molecule has 3 aromatic heterocycles. The minimum Gasteiger partial charge on any atom is -0.274 e. The van der Waals surface area contributed by atoms with Crippen LogP contribution in [0, 0.1) is 0 Å². The zero-order valence-electron chi connectivity index (χ0n) is 10.3. The molecule has 0 spiro atoms. The van der Waals surface area contributed by atoms with E-state index < -0.39 is 0 Å². The van der Waals surface area contributed by atoms with Crippen LogP contribution in [0.25, 0.3) is 22.5 Å². The van der Waals surface area contributed by atoms with E-state index in [-0.39, 0.29) is 0 Å². The van der Waals surface area contributed by atoms with Gasteiger partial charge in [0.2, 0.25) is 0 Å². The van der Waals surface area contributed by atoms with Gasteiger partial charge in [0.1, 0.15) is 5.69 Å². The molecule has 0 aliphatic heterocycles. The highest BCUT2D eigenvalue weighted by atomic mass is 79.9. The van der Waals surface area contributed by atoms with Crippen LogP contribution in [0.3, 0.4) is 0 Å². The van der Waals surface area contributed by atoms with Crippen LogP contribution in [0.4, 0.5) is 0 Å². The number of halogens is 1. The summed E-state index contributed by atoms with van der Waals surface area (Å²) < 4.78 is 2.76. The first kappa shape index (κ1) is 12.0. The van der Waals surface area contributed by atoms with Crippen LogP contribution in [0.1, 0.15) is 0 Å². The summed E-state index contributed by atoms with van der Waals surface area (Å²) >= 11 is 3.39. The molecule has 0 atom stereocenters. The first-order chi connectivity index (χ1) is 9.24. The van der Waals surface area contributed by atoms with E-state index in [1.54, 1.807) is 23.3 Å². The quantitative estimate of drug-likeness (QED) is 0.729. The van der Waals surface area contributed by atoms with Gasteiger partial charge in [-0.05, 0) is 45.8 Å². The lowest BCUT2D eigenvalue weighted by atomic mass is 10.1. The normalized spacial score (nSPS) is 10.6. The highest BCUT2D eigenvalue weighted by Crippen LogP contribution is 2.29. The Morgan fingerprint density at radius 2 is 1.89 bits per heavy atom. The Labute approximate surface area is 119 Å². The molecule has 0 amide bonds. The molecule has 0 fully saturated rings. The minimum absolute atomic E-state index is 0.857. The molecule has 3 aromatic rings. The number of rotatable bonds is 2. The van der Waals surface area contributed by atoms with Crippen LogP contribution < -0.4 is 0 Å². The number of hydrogen-bond acceptors (Lipinski definition) is 3. The summed E-state index contributed by atoms with van der Waals surface area (Å²) in [6.45, 7) is 0. The molecule has 0 bridgehead atoms. The third-order valence-corrected chi connectivity index (χ3v) is 3.26. The summed E-state index contributed by atoms with van der Waals surface area (Å²) in [6.07, 6.45) is 7.33. The topological polar surface area (TPSA) is 43.6 Å². The van der Waals surface area contributed by atoms with Crippen molar-refractivity contribution in [2.24, 2.45) is 7.05 Å². The van der Waals surface area contributed by atoms with Crippen molar-refractivity contribution < 1.29 is 0 Å². The van der Waals surface area contributed by atoms with E-state index in [1.165, 1.54) is 0 Å². The number of nitrogens with zero attached hydrogens (tertiary/aromatic N) is 4. The van der Waals surface area contributed by atoms with Gasteiger partial charge in [-0.15, -0.1) is 0 Å². The van der Waals surface area contributed by atoms with Crippen LogP contribution in [0.2, 0.25) is 0 Å². The summed E-state index contributed by atoms with van der Waals surface area (Å²) in [5.74, 6) is 0. The second kappa shape index (κ2) is 4.93. The monoisotopic (exact) mass is 314 g/mol. The van der Waals surface area contributed by atoms with Crippen LogP contribution in [0.5, 0.6) is 0 Å². The largest absolute Gasteiger partial charge is 0.274 e. The van der Waals surface area contributed by atoms with E-state index in [0.29, 0.717) is 0 Å². The molecule has 0 aliphatic rings. The van der Waals surface area contributed by atoms with E-state index in [2.05, 4.69) is 31.0 Å². The van der Waals surface area contributed by atoms with E-state index >= 15 is 0 Å². The number of hydrogen-bond donors (Lipinski definition) is 0. The number of pyridine rings is 2. The van der Waals surface area contributed by atoms with Crippen molar-refractivity contribution >= 4 is 15.9 Å². The zero-order valence-corrected chi connectivity index (χ0v) is 11.9. The van der Waals surface area contributed by atoms with Crippen LogP contribution in [-0.4, -0.2) is 19.7 Å². The zero-order chi connectivity index (χ0) is 13.2. The highest BCUT2D eigenvalue weighted by Gasteiger charge is 2.12. The maximum atomic E-state index is 4.51. The Hall–Kier alpha value is -2.01. The highest BCUT2D eigenvalue weighted by molar-refractivity contribution is 9.10. The van der Waals surface area contributed by atoms with Gasteiger partial charge >= 0.3 is 0 Å². The summed E-state index contributed by atoms with van der Waals surface area (Å²) in [7, 11) is 1.91. The Balaban J connectivity index is 2.15. The first-order valence-corrected chi connectivity index (χ1v) is 6.59. The molecule has 4 nitrogen and oxygen atoms in total. The van der Waals surface area contributed by atoms with Crippen molar-refractivity contribution in [1.29, 1.82) is 0 Å². The second-order valence-corrected chi connectivity index (χ2v) is 5.08. The van der Waals surface area contributed by atoms with Crippen LogP contribution in [-0.2, 0) is 7.05 Å². The molecule has 0 unspecified atom stereocenters. The van der Waals surface area contributed by atoms with E-state index in [1.807, 2.05) is 37.5 Å². The molecule has 5 heteroatoms. The molecule has 0 N–H and O–H groups in total. The fraction of sp³-hybridized carbons (Fsp3) is 0.0714. The molecule has 94 valence electrons. The molecular weight excluding hydrogens is 304 g/mol. The van der Waals surface area contributed by atoms with Crippen molar-refractivity contribution in [3.8, 4) is 22.5 Å². The third kappa shape index (κ3) is 2.42. The van der Waals surface area contributed by atoms with Gasteiger partial charge in [-0.1, -0.05) is 0 Å². The van der Waals surface area contributed by atoms with Gasteiger partial charge in [0, 0.05) is 41.9 Å². The predicted molar refractivity (Wildman–Crippen MR) is 77.4 cm³/mol. The van der Waals surface area contributed by atoms with Gasteiger partial charge in [-0.2, -0.15) is 5.10 Å². The molecular formula is C14H11BrN4. The lowest BCUT2D eigenvalue weighted by molar-refractivity contribution is 0.770. The minimum atomic E-state index is 0.857. The summed E-state index contributed by atoms with van der Waals surface area (Å²) in [5, 5.41) is 4.51. The molecule has 0 aliphatic carbocycles. The van der Waals surface area contributed by atoms with Gasteiger partial charge in [0.25, 0.3) is 0 Å². The van der Waals surface area contributed by atoms with Gasteiger partial charge in [0.05, 0.1) is 5.69 Å². The van der Waals surface area contributed by atoms with Crippen LogP contribution >= 0.6 is 15.9 Å². The fourth-order valence-corrected chi connectivity index (χ4v) is 2.17. The average molecular weight is 315 g/mol. The lowest BCUT2D eigenvalue weighted by Gasteiger charge is -2.01. The predicted octanol–water partition coefficient (Wildman–Crippen LogP) is 3.31. The van der Waals surface area contributed by atoms with Crippen molar-refractivity contribution in [2.75, 3.05) is 0 Å². The maximum Gasteiger partial charge on any atom is 0.118 e. The Morgan fingerprint density at radius 3 is 2.58 bits per heavy atom. The van der Waals surface area contributed by atoms with Gasteiger partial charge < -0.3 is 0 Å². The SMILES string of the molecule is Cn1cc(-c2ccncc2)c(-c2ccc(Br)cn2)n1. The van der Waals surface area contributed by atoms with Gasteiger partial charge in [0.15, 0.2) is 0 Å². The van der Waals surface area contributed by atoms with E-state index in [9.17, 15) is 0 Å². The first-order valence-electron chi connectivity index (χ1n) is 5.80. The standard InChI is InChI=1S/C14H11BrN4/c1-19-9-12(10-4-6-16-7-5-10)14(18-19)13-3-2-11(15)8-17-13/h2-9H,1H3. The summed E-state index contributed by atoms with van der Waals surface area (Å²) in [4.78, 5) is 8.45. The number of aromatic nitrogens is 4. The maximum absolute atomic E-state index is 4.51. The third-order valence-electron chi connectivity index (χ3n) is 2.79. The van der Waals surface area contributed by atoms with Crippen molar-refractivity contribution in [2.45, 2.75) is 0 Å². The Morgan fingerprint density at radius 1 is 1.11 bits per heavy atom. The van der Waals surface area contributed by atoms with Crippen LogP contribution in [0.15, 0.2) is 53.5 Å². The van der Waals surface area contributed by atoms with Crippen molar-refractivity contribution in [3.05, 3.63) is 53.5 Å². The molecule has 3 heterocycles. The lowest BCUT2D eigenvalue weighted by Crippen LogP contribution is -1.89. The molecule has 0 aromatic carbocycles. The Kier molecular flexibility index (Phi) is 3.13. The molecule has 0 saturated carbocycles. The van der Waals surface area contributed by atoms with Gasteiger partial charge in [-0.25, -0.2) is 0 Å². The van der Waals surface area contributed by atoms with E-state index in [4.69, 9.17) is 0 Å². The number of aryl methyl sites for hydroxylation is 1. The van der Waals surface area contributed by atoms with Gasteiger partial charge in [-0.3, -0.25) is 14.6 Å². The Bertz CT molecular complexity index is 689. The summed E-state index contributed by atoms with van der Waals surface area (Å²) in [5.41, 5.74) is 3.87. The van der Waals surface area contributed by atoms with E-state index in [0.717, 1.165) is 27.0 Å². The summed E-state index contributed by atoms with van der Waals surface area (Å²) in [6, 6.07) is 7.86. The molecule has 0 radical (unpaired) electrons. The fourth-order valence-electron chi connectivity index (χ4n) is 1.94. The average Bonchev–Trinajstić information content (AvgIpc) is 2.83. The molecule has 19 heavy (non-hydrogen) atoms. The second-order valence-electron chi connectivity index (χ2n) is 4.16. The smallest absolute Gasteiger partial charge is 0.118 e. The molecule has 0 saturated heterocycles. The molecule has 3 rings (SSSR count). The van der Waals surface area contributed by atoms with Crippen molar-refractivity contribution in [1.82, 2.24) is 19.7 Å².